The van der Waals surface area contributed by atoms with Gasteiger partial charge in [0.2, 0.25) is 0 Å². The summed E-state index contributed by atoms with van der Waals surface area (Å²) in [6, 6.07) is 0. The fourth-order valence-electron chi connectivity index (χ4n) is 0.472. The van der Waals surface area contributed by atoms with Crippen molar-refractivity contribution in [3.8, 4) is 0 Å². The van der Waals surface area contributed by atoms with E-state index < -0.39 is 0 Å². The first-order valence-electron chi connectivity index (χ1n) is 2.76. The Bertz CT molecular complexity index is 118. The van der Waals surface area contributed by atoms with Gasteiger partial charge in [0.25, 0.3) is 0 Å². The predicted molar refractivity (Wildman–Crippen MR) is 36.2 cm³/mol. The van der Waals surface area contributed by atoms with Crippen molar-refractivity contribution in [2.24, 2.45) is 16.3 Å². The van der Waals surface area contributed by atoms with Crippen LogP contribution in [-0.4, -0.2) is 11.6 Å². The molecule has 0 radical (unpaired) electrons. The molecule has 0 aromatic rings. The number of nitrogens with zero attached hydrogens (tertiary/aromatic N) is 3. The monoisotopic (exact) mass is 128 g/mol. The van der Waals surface area contributed by atoms with E-state index in [1.807, 2.05) is 13.8 Å². The maximum atomic E-state index is 4.82. The van der Waals surface area contributed by atoms with Gasteiger partial charge >= 0.3 is 0 Å². The molecule has 0 saturated carbocycles. The largest absolute Gasteiger partial charge is 0.303 e. The molecule has 0 aromatic carbocycles. The molecule has 0 saturated heterocycles. The molecule has 0 aliphatic rings. The second-order valence-electron chi connectivity index (χ2n) is 1.66. The van der Waals surface area contributed by atoms with Gasteiger partial charge in [0, 0.05) is 12.2 Å². The maximum absolute atomic E-state index is 4.82. The lowest BCUT2D eigenvalue weighted by Crippen LogP contribution is -2.12. The summed E-state index contributed by atoms with van der Waals surface area (Å²) in [5.74, 6) is 4.82. The minimum Gasteiger partial charge on any atom is -0.303 e. The normalized spacial score (nSPS) is 10.0. The summed E-state index contributed by atoms with van der Waals surface area (Å²) in [4.78, 5) is 0. The average Bonchev–Trinajstić information content (AvgIpc) is 1.82. The van der Waals surface area contributed by atoms with E-state index in [9.17, 15) is 0 Å². The first-order valence-corrected chi connectivity index (χ1v) is 2.76. The number of rotatable bonds is 3. The molecule has 4 nitrogen and oxygen atoms in total. The number of hydrogen-bond donors (Lipinski definition) is 1. The first-order chi connectivity index (χ1) is 4.22. The van der Waals surface area contributed by atoms with Crippen LogP contribution in [0.15, 0.2) is 22.7 Å². The van der Waals surface area contributed by atoms with Crippen LogP contribution < -0.4 is 5.84 Å². The highest BCUT2D eigenvalue weighted by atomic mass is 15.6. The van der Waals surface area contributed by atoms with Gasteiger partial charge in [-0.3, -0.25) is 5.01 Å². The van der Waals surface area contributed by atoms with Crippen LogP contribution in [0.5, 0.6) is 0 Å². The van der Waals surface area contributed by atoms with Crippen LogP contribution in [0.25, 0.3) is 0 Å². The molecule has 0 aliphatic heterocycles. The van der Waals surface area contributed by atoms with Crippen LogP contribution >= 0.6 is 0 Å². The standard InChI is InChI=1S/C5H12N4/c1-4-9(5(2)3)8-7-6/h2,4H2,1,3H3,(H2,6,8). The Morgan fingerprint density at radius 1 is 1.78 bits per heavy atom. The molecule has 0 bridgehead atoms. The van der Waals surface area contributed by atoms with E-state index in [-0.39, 0.29) is 0 Å². The van der Waals surface area contributed by atoms with Crippen LogP contribution in [0.2, 0.25) is 0 Å². The topological polar surface area (TPSA) is 54.0 Å². The number of hydrogen-bond acceptors (Lipinski definition) is 2. The Hall–Kier alpha value is -1.06. The lowest BCUT2D eigenvalue weighted by molar-refractivity contribution is 0.356. The molecule has 0 aromatic heterocycles. The van der Waals surface area contributed by atoms with Crippen molar-refractivity contribution < 1.29 is 0 Å². The minimum atomic E-state index is 0.746. The van der Waals surface area contributed by atoms with Crippen LogP contribution in [-0.2, 0) is 0 Å². The van der Waals surface area contributed by atoms with Crippen molar-refractivity contribution in [1.82, 2.24) is 5.01 Å². The van der Waals surface area contributed by atoms with Gasteiger partial charge < -0.3 is 5.84 Å². The molecular formula is C5H12N4. The molecule has 4 heteroatoms. The van der Waals surface area contributed by atoms with Crippen molar-refractivity contribution >= 4 is 0 Å². The summed E-state index contributed by atoms with van der Waals surface area (Å²) in [7, 11) is 0. The number of nitrogens with two attached hydrogens (primary N) is 1. The first kappa shape index (κ1) is 7.94. The average molecular weight is 128 g/mol. The Kier molecular flexibility index (Phi) is 3.43. The second-order valence-corrected chi connectivity index (χ2v) is 1.66. The number of allylic oxidation sites excluding steroid dienone is 1. The third-order valence-corrected chi connectivity index (χ3v) is 0.900. The Morgan fingerprint density at radius 2 is 2.33 bits per heavy atom. The lowest BCUT2D eigenvalue weighted by atomic mass is 10.5. The van der Waals surface area contributed by atoms with Gasteiger partial charge in [-0.25, -0.2) is 0 Å². The van der Waals surface area contributed by atoms with Gasteiger partial charge in [-0.1, -0.05) is 11.8 Å². The molecule has 52 valence electrons. The van der Waals surface area contributed by atoms with E-state index in [4.69, 9.17) is 5.84 Å². The third kappa shape index (κ3) is 2.69. The smallest absolute Gasteiger partial charge is 0.0401 e. The molecule has 0 atom stereocenters. The van der Waals surface area contributed by atoms with Crippen LogP contribution in [0.4, 0.5) is 0 Å². The SMILES string of the molecule is C=C(C)N(CC)/N=N\N. The molecule has 2 N–H and O–H groups in total. The molecule has 0 fully saturated rings. The lowest BCUT2D eigenvalue weighted by Gasteiger charge is -2.12. The summed E-state index contributed by atoms with van der Waals surface area (Å²) < 4.78 is 0. The fourth-order valence-corrected chi connectivity index (χ4v) is 0.472. The summed E-state index contributed by atoms with van der Waals surface area (Å²) in [5, 5.41) is 8.31. The maximum Gasteiger partial charge on any atom is 0.0401 e. The molecule has 9 heavy (non-hydrogen) atoms. The van der Waals surface area contributed by atoms with Crippen LogP contribution in [0.1, 0.15) is 13.8 Å². The van der Waals surface area contributed by atoms with E-state index in [2.05, 4.69) is 17.0 Å². The van der Waals surface area contributed by atoms with Gasteiger partial charge in [0.15, 0.2) is 0 Å². The highest BCUT2D eigenvalue weighted by Gasteiger charge is 1.94. The Balaban J connectivity index is 3.83. The summed E-state index contributed by atoms with van der Waals surface area (Å²) in [5.41, 5.74) is 0.840. The van der Waals surface area contributed by atoms with Crippen molar-refractivity contribution in [3.05, 3.63) is 12.3 Å². The molecule has 0 heterocycles. The van der Waals surface area contributed by atoms with Gasteiger partial charge in [0.1, 0.15) is 0 Å². The Morgan fingerprint density at radius 3 is 2.44 bits per heavy atom. The zero-order valence-corrected chi connectivity index (χ0v) is 5.83. The van der Waals surface area contributed by atoms with Crippen LogP contribution in [0.3, 0.4) is 0 Å². The summed E-state index contributed by atoms with van der Waals surface area (Å²) in [6.45, 7) is 8.20. The van der Waals surface area contributed by atoms with Crippen LogP contribution in [0, 0.1) is 0 Å². The van der Waals surface area contributed by atoms with Gasteiger partial charge in [-0.05, 0) is 19.1 Å². The zero-order valence-electron chi connectivity index (χ0n) is 5.83. The van der Waals surface area contributed by atoms with Crippen molar-refractivity contribution in [3.63, 3.8) is 0 Å². The van der Waals surface area contributed by atoms with Crippen molar-refractivity contribution in [2.75, 3.05) is 6.54 Å². The molecule has 0 aliphatic carbocycles. The quantitative estimate of drug-likeness (QED) is 0.351. The van der Waals surface area contributed by atoms with Gasteiger partial charge in [-0.2, -0.15) is 0 Å². The Labute approximate surface area is 55.0 Å². The van der Waals surface area contributed by atoms with E-state index in [1.54, 1.807) is 5.01 Å². The predicted octanol–water partition coefficient (Wildman–Crippen LogP) is 1.08. The molecule has 0 unspecified atom stereocenters. The second kappa shape index (κ2) is 3.88. The van der Waals surface area contributed by atoms with Gasteiger partial charge in [0.05, 0.1) is 0 Å². The van der Waals surface area contributed by atoms with E-state index in [0.717, 1.165) is 12.2 Å². The molecular weight excluding hydrogens is 116 g/mol. The van der Waals surface area contributed by atoms with E-state index in [0.29, 0.717) is 0 Å². The van der Waals surface area contributed by atoms with Crippen molar-refractivity contribution in [2.45, 2.75) is 13.8 Å². The minimum absolute atomic E-state index is 0.746. The molecule has 0 rings (SSSR count). The third-order valence-electron chi connectivity index (χ3n) is 0.900. The highest BCUT2D eigenvalue weighted by molar-refractivity contribution is 4.84. The summed E-state index contributed by atoms with van der Waals surface area (Å²) >= 11 is 0. The molecule has 0 spiro atoms. The van der Waals surface area contributed by atoms with E-state index in [1.165, 1.54) is 0 Å². The van der Waals surface area contributed by atoms with E-state index >= 15 is 0 Å². The highest BCUT2D eigenvalue weighted by Crippen LogP contribution is 1.98. The molecule has 0 amide bonds. The van der Waals surface area contributed by atoms with Gasteiger partial charge in [-0.15, -0.1) is 0 Å². The summed E-state index contributed by atoms with van der Waals surface area (Å²) in [6.07, 6.45) is 0. The van der Waals surface area contributed by atoms with Crippen molar-refractivity contribution in [1.29, 1.82) is 0 Å². The fraction of sp³-hybridized carbons (Fsp3) is 0.600. The zero-order chi connectivity index (χ0) is 7.28.